The third-order valence-electron chi connectivity index (χ3n) is 3.13. The second-order valence-corrected chi connectivity index (χ2v) is 4.74. The number of nitro groups is 1. The minimum Gasteiger partial charge on any atom is -0.508 e. The molecule has 2 aromatic carbocycles. The van der Waals surface area contributed by atoms with Crippen LogP contribution in [0.25, 0.3) is 11.3 Å². The van der Waals surface area contributed by atoms with Gasteiger partial charge in [0, 0.05) is 29.6 Å². The van der Waals surface area contributed by atoms with Crippen molar-refractivity contribution in [3.05, 3.63) is 70.9 Å². The number of rotatable bonds is 4. The lowest BCUT2D eigenvalue weighted by Gasteiger charge is -2.06. The molecule has 0 saturated carbocycles. The van der Waals surface area contributed by atoms with Crippen LogP contribution in [0.1, 0.15) is 0 Å². The van der Waals surface area contributed by atoms with Crippen molar-refractivity contribution in [3.8, 4) is 17.0 Å². The predicted molar refractivity (Wildman–Crippen MR) is 85.5 cm³/mol. The van der Waals surface area contributed by atoms with Crippen LogP contribution < -0.4 is 5.32 Å². The first-order valence-electron chi connectivity index (χ1n) is 6.76. The van der Waals surface area contributed by atoms with Gasteiger partial charge in [0.15, 0.2) is 0 Å². The van der Waals surface area contributed by atoms with E-state index in [2.05, 4.69) is 15.3 Å². The number of hydrogen-bond donors (Lipinski definition) is 2. The SMILES string of the molecule is O=[N+]([O-])c1cccc(-c2ccnc(Nc3ccc(O)cc3)n2)c1. The lowest BCUT2D eigenvalue weighted by atomic mass is 10.1. The first-order valence-corrected chi connectivity index (χ1v) is 6.76. The Labute approximate surface area is 131 Å². The Morgan fingerprint density at radius 1 is 1.09 bits per heavy atom. The molecule has 0 radical (unpaired) electrons. The Hall–Kier alpha value is -3.48. The number of aromatic hydroxyl groups is 1. The van der Waals surface area contributed by atoms with Gasteiger partial charge < -0.3 is 10.4 Å². The third-order valence-corrected chi connectivity index (χ3v) is 3.13. The monoisotopic (exact) mass is 308 g/mol. The fourth-order valence-corrected chi connectivity index (χ4v) is 2.03. The first kappa shape index (κ1) is 14.5. The van der Waals surface area contributed by atoms with Gasteiger partial charge in [0.25, 0.3) is 5.69 Å². The van der Waals surface area contributed by atoms with Crippen LogP contribution in [0.2, 0.25) is 0 Å². The zero-order valence-corrected chi connectivity index (χ0v) is 11.9. The molecule has 0 unspecified atom stereocenters. The van der Waals surface area contributed by atoms with Crippen LogP contribution in [-0.2, 0) is 0 Å². The van der Waals surface area contributed by atoms with Crippen LogP contribution >= 0.6 is 0 Å². The number of benzene rings is 2. The Bertz CT molecular complexity index is 850. The van der Waals surface area contributed by atoms with Gasteiger partial charge in [0.05, 0.1) is 10.6 Å². The van der Waals surface area contributed by atoms with Crippen LogP contribution in [0.4, 0.5) is 17.3 Å². The van der Waals surface area contributed by atoms with E-state index in [1.807, 2.05) is 0 Å². The molecule has 3 rings (SSSR count). The first-order chi connectivity index (χ1) is 11.1. The Balaban J connectivity index is 1.89. The molecule has 0 amide bonds. The Morgan fingerprint density at radius 3 is 2.61 bits per heavy atom. The topological polar surface area (TPSA) is 101 Å². The highest BCUT2D eigenvalue weighted by molar-refractivity contribution is 5.64. The molecule has 0 aliphatic carbocycles. The number of aromatic nitrogens is 2. The number of phenolic OH excluding ortho intramolecular Hbond substituents is 1. The summed E-state index contributed by atoms with van der Waals surface area (Å²) in [6, 6.07) is 14.4. The highest BCUT2D eigenvalue weighted by atomic mass is 16.6. The van der Waals surface area contributed by atoms with Crippen molar-refractivity contribution in [2.45, 2.75) is 0 Å². The fourth-order valence-electron chi connectivity index (χ4n) is 2.03. The van der Waals surface area contributed by atoms with E-state index in [1.165, 1.54) is 12.1 Å². The van der Waals surface area contributed by atoms with Crippen LogP contribution in [0, 0.1) is 10.1 Å². The van der Waals surface area contributed by atoms with Gasteiger partial charge in [-0.3, -0.25) is 10.1 Å². The molecular formula is C16H12N4O3. The maximum absolute atomic E-state index is 10.9. The molecule has 7 heteroatoms. The lowest BCUT2D eigenvalue weighted by Crippen LogP contribution is -1.98. The second-order valence-electron chi connectivity index (χ2n) is 4.74. The zero-order valence-electron chi connectivity index (χ0n) is 11.9. The van der Waals surface area contributed by atoms with Crippen molar-refractivity contribution in [3.63, 3.8) is 0 Å². The summed E-state index contributed by atoms with van der Waals surface area (Å²) in [7, 11) is 0. The van der Waals surface area contributed by atoms with Gasteiger partial charge in [-0.1, -0.05) is 12.1 Å². The van der Waals surface area contributed by atoms with Crippen molar-refractivity contribution in [2.75, 3.05) is 5.32 Å². The normalized spacial score (nSPS) is 10.3. The Morgan fingerprint density at radius 2 is 1.87 bits per heavy atom. The molecule has 0 fully saturated rings. The average Bonchev–Trinajstić information content (AvgIpc) is 2.57. The number of nitro benzene ring substituents is 1. The standard InChI is InChI=1S/C16H12N4O3/c21-14-6-4-12(5-7-14)18-16-17-9-8-15(19-16)11-2-1-3-13(10-11)20(22)23/h1-10,21H,(H,17,18,19). The lowest BCUT2D eigenvalue weighted by molar-refractivity contribution is -0.384. The molecule has 0 aliphatic heterocycles. The van der Waals surface area contributed by atoms with Crippen LogP contribution in [0.3, 0.4) is 0 Å². The molecule has 1 heterocycles. The maximum atomic E-state index is 10.9. The van der Waals surface area contributed by atoms with Gasteiger partial charge in [0.1, 0.15) is 5.75 Å². The summed E-state index contributed by atoms with van der Waals surface area (Å²) in [4.78, 5) is 18.9. The quantitative estimate of drug-likeness (QED) is 0.434. The minimum absolute atomic E-state index is 0.00848. The predicted octanol–water partition coefficient (Wildman–Crippen LogP) is 3.50. The molecule has 114 valence electrons. The molecule has 0 bridgehead atoms. The summed E-state index contributed by atoms with van der Waals surface area (Å²) in [5, 5.41) is 23.1. The molecule has 2 N–H and O–H groups in total. The summed E-state index contributed by atoms with van der Waals surface area (Å²) in [6.07, 6.45) is 1.57. The number of anilines is 2. The van der Waals surface area contributed by atoms with Crippen molar-refractivity contribution in [2.24, 2.45) is 0 Å². The third kappa shape index (κ3) is 3.41. The fraction of sp³-hybridized carbons (Fsp3) is 0. The molecule has 0 saturated heterocycles. The van der Waals surface area contributed by atoms with E-state index in [9.17, 15) is 15.2 Å². The summed E-state index contributed by atoms with van der Waals surface area (Å²) < 4.78 is 0. The molecule has 23 heavy (non-hydrogen) atoms. The van der Waals surface area contributed by atoms with Crippen LogP contribution in [0.15, 0.2) is 60.8 Å². The minimum atomic E-state index is -0.444. The molecule has 3 aromatic rings. The van der Waals surface area contributed by atoms with Crippen LogP contribution in [-0.4, -0.2) is 20.0 Å². The largest absolute Gasteiger partial charge is 0.508 e. The second kappa shape index (κ2) is 6.10. The highest BCUT2D eigenvalue weighted by Crippen LogP contribution is 2.23. The van der Waals surface area contributed by atoms with Gasteiger partial charge in [-0.05, 0) is 30.3 Å². The summed E-state index contributed by atoms with van der Waals surface area (Å²) in [6.45, 7) is 0. The molecular weight excluding hydrogens is 296 g/mol. The van der Waals surface area contributed by atoms with Gasteiger partial charge in [-0.25, -0.2) is 9.97 Å². The van der Waals surface area contributed by atoms with Crippen molar-refractivity contribution in [1.29, 1.82) is 0 Å². The average molecular weight is 308 g/mol. The van der Waals surface area contributed by atoms with Crippen molar-refractivity contribution in [1.82, 2.24) is 9.97 Å². The molecule has 1 aromatic heterocycles. The summed E-state index contributed by atoms with van der Waals surface area (Å²) >= 11 is 0. The summed E-state index contributed by atoms with van der Waals surface area (Å²) in [5.41, 5.74) is 1.94. The number of nitrogens with one attached hydrogen (secondary N) is 1. The van der Waals surface area contributed by atoms with E-state index < -0.39 is 4.92 Å². The Kier molecular flexibility index (Phi) is 3.84. The number of nitrogens with zero attached hydrogens (tertiary/aromatic N) is 3. The highest BCUT2D eigenvalue weighted by Gasteiger charge is 2.09. The molecule has 0 aliphatic rings. The van der Waals surface area contributed by atoms with Gasteiger partial charge in [-0.2, -0.15) is 0 Å². The van der Waals surface area contributed by atoms with Crippen molar-refractivity contribution < 1.29 is 10.0 Å². The van der Waals surface area contributed by atoms with E-state index in [0.717, 1.165) is 5.69 Å². The van der Waals surface area contributed by atoms with E-state index in [1.54, 1.807) is 48.7 Å². The van der Waals surface area contributed by atoms with Gasteiger partial charge >= 0.3 is 0 Å². The van der Waals surface area contributed by atoms with E-state index in [0.29, 0.717) is 17.2 Å². The van der Waals surface area contributed by atoms with E-state index >= 15 is 0 Å². The summed E-state index contributed by atoms with van der Waals surface area (Å²) in [5.74, 6) is 0.529. The van der Waals surface area contributed by atoms with Crippen molar-refractivity contribution >= 4 is 17.3 Å². The van der Waals surface area contributed by atoms with E-state index in [-0.39, 0.29) is 11.4 Å². The molecule has 0 spiro atoms. The van der Waals surface area contributed by atoms with Gasteiger partial charge in [0.2, 0.25) is 5.95 Å². The smallest absolute Gasteiger partial charge is 0.270 e. The zero-order chi connectivity index (χ0) is 16.2. The number of non-ortho nitro benzene ring substituents is 1. The number of hydrogen-bond acceptors (Lipinski definition) is 6. The van der Waals surface area contributed by atoms with Gasteiger partial charge in [-0.15, -0.1) is 0 Å². The van der Waals surface area contributed by atoms with E-state index in [4.69, 9.17) is 0 Å². The van der Waals surface area contributed by atoms with Crippen LogP contribution in [0.5, 0.6) is 5.75 Å². The number of phenols is 1. The maximum Gasteiger partial charge on any atom is 0.270 e. The molecule has 7 nitrogen and oxygen atoms in total. The molecule has 0 atom stereocenters.